The van der Waals surface area contributed by atoms with Crippen LogP contribution in [0.5, 0.6) is 0 Å². The first kappa shape index (κ1) is 21.0. The van der Waals surface area contributed by atoms with Crippen molar-refractivity contribution in [2.24, 2.45) is 10.9 Å². The van der Waals surface area contributed by atoms with Gasteiger partial charge in [-0.15, -0.1) is 0 Å². The average Bonchev–Trinajstić information content (AvgIpc) is 2.59. The molecular weight excluding hydrogens is 316 g/mol. The van der Waals surface area contributed by atoms with Crippen LogP contribution in [-0.2, 0) is 16.1 Å². The molecule has 1 amide bonds. The van der Waals surface area contributed by atoms with Gasteiger partial charge in [-0.25, -0.2) is 4.99 Å². The van der Waals surface area contributed by atoms with Crippen LogP contribution in [0.25, 0.3) is 0 Å². The number of nitrogens with one attached hydrogen (secondary N) is 2. The zero-order chi connectivity index (χ0) is 18.5. The minimum Gasteiger partial charge on any atom is -0.380 e. The number of amides is 1. The van der Waals surface area contributed by atoms with Crippen LogP contribution in [0.3, 0.4) is 0 Å². The Morgan fingerprint density at radius 1 is 1.16 bits per heavy atom. The molecule has 1 rings (SSSR count). The largest absolute Gasteiger partial charge is 0.380 e. The summed E-state index contributed by atoms with van der Waals surface area (Å²) in [6.45, 7) is 7.16. The molecule has 2 N–H and O–H groups in total. The second-order valence-corrected chi connectivity index (χ2v) is 6.51. The van der Waals surface area contributed by atoms with Crippen molar-refractivity contribution in [3.05, 3.63) is 35.9 Å². The molecule has 0 unspecified atom stereocenters. The summed E-state index contributed by atoms with van der Waals surface area (Å²) in [6.07, 6.45) is 1.06. The highest BCUT2D eigenvalue weighted by Crippen LogP contribution is 2.00. The Hall–Kier alpha value is -2.08. The molecule has 0 aromatic heterocycles. The normalized spacial score (nSPS) is 11.5. The zero-order valence-electron chi connectivity index (χ0n) is 15.9. The van der Waals surface area contributed by atoms with E-state index in [4.69, 9.17) is 4.74 Å². The Labute approximate surface area is 151 Å². The summed E-state index contributed by atoms with van der Waals surface area (Å²) in [5, 5.41) is 6.29. The lowest BCUT2D eigenvalue weighted by Crippen LogP contribution is -2.43. The number of nitrogens with zero attached hydrogens (tertiary/aromatic N) is 2. The first-order chi connectivity index (χ1) is 12.0. The van der Waals surface area contributed by atoms with Gasteiger partial charge in [0.05, 0.1) is 19.7 Å². The molecule has 25 heavy (non-hydrogen) atoms. The molecule has 1 aromatic carbocycles. The third-order valence-corrected chi connectivity index (χ3v) is 3.55. The summed E-state index contributed by atoms with van der Waals surface area (Å²) in [5.41, 5.74) is 1.12. The summed E-state index contributed by atoms with van der Waals surface area (Å²) in [6, 6.07) is 10.0. The minimum absolute atomic E-state index is 0.00222. The van der Waals surface area contributed by atoms with Crippen LogP contribution in [0.2, 0.25) is 0 Å². The molecule has 0 bridgehead atoms. The Morgan fingerprint density at radius 3 is 2.52 bits per heavy atom. The van der Waals surface area contributed by atoms with Gasteiger partial charge in [0, 0.05) is 27.2 Å². The molecule has 0 radical (unpaired) electrons. The minimum atomic E-state index is 0.00222. The lowest BCUT2D eigenvalue weighted by atomic mass is 10.1. The summed E-state index contributed by atoms with van der Waals surface area (Å²) in [4.78, 5) is 17.8. The molecular formula is C19H32N4O2. The highest BCUT2D eigenvalue weighted by atomic mass is 16.5. The van der Waals surface area contributed by atoms with Crippen LogP contribution in [0.4, 0.5) is 0 Å². The zero-order valence-corrected chi connectivity index (χ0v) is 15.9. The maximum atomic E-state index is 11.8. The molecule has 0 fully saturated rings. The topological polar surface area (TPSA) is 66.0 Å². The van der Waals surface area contributed by atoms with Gasteiger partial charge in [-0.2, -0.15) is 0 Å². The lowest BCUT2D eigenvalue weighted by molar-refractivity contribution is -0.127. The number of ether oxygens (including phenoxy) is 1. The Morgan fingerprint density at radius 2 is 1.88 bits per heavy atom. The van der Waals surface area contributed by atoms with Gasteiger partial charge in [-0.1, -0.05) is 44.2 Å². The van der Waals surface area contributed by atoms with Gasteiger partial charge in [-0.3, -0.25) is 4.79 Å². The molecule has 1 aromatic rings. The molecule has 0 spiro atoms. The van der Waals surface area contributed by atoms with Crippen LogP contribution in [0.1, 0.15) is 25.8 Å². The van der Waals surface area contributed by atoms with E-state index in [2.05, 4.69) is 29.5 Å². The number of guanidine groups is 1. The number of hydrogen-bond donors (Lipinski definition) is 2. The fourth-order valence-electron chi connectivity index (χ4n) is 1.91. The number of carbonyl (C=O) groups excluding carboxylic acids is 1. The van der Waals surface area contributed by atoms with Gasteiger partial charge in [0.2, 0.25) is 5.91 Å². The van der Waals surface area contributed by atoms with E-state index in [9.17, 15) is 4.79 Å². The Bertz CT molecular complexity index is 515. The van der Waals surface area contributed by atoms with Gasteiger partial charge in [0.25, 0.3) is 0 Å². The summed E-state index contributed by atoms with van der Waals surface area (Å²) >= 11 is 0. The van der Waals surface area contributed by atoms with Crippen molar-refractivity contribution in [1.82, 2.24) is 15.5 Å². The maximum absolute atomic E-state index is 11.8. The van der Waals surface area contributed by atoms with E-state index in [1.54, 1.807) is 19.0 Å². The molecule has 0 atom stereocenters. The SMILES string of the molecule is CC(C)CCOCCNC(=NCc1ccccc1)NCC(=O)N(C)C. The number of likely N-dealkylation sites (N-methyl/N-ethyl adjacent to an activating group) is 1. The Kier molecular flexibility index (Phi) is 10.3. The van der Waals surface area contributed by atoms with Crippen molar-refractivity contribution in [1.29, 1.82) is 0 Å². The predicted octanol–water partition coefficient (Wildman–Crippen LogP) is 1.87. The number of hydrogen-bond acceptors (Lipinski definition) is 3. The molecule has 0 aliphatic carbocycles. The van der Waals surface area contributed by atoms with E-state index in [0.717, 1.165) is 18.6 Å². The lowest BCUT2D eigenvalue weighted by Gasteiger charge is -2.15. The number of aliphatic imine (C=N–C) groups is 1. The van der Waals surface area contributed by atoms with Crippen molar-refractivity contribution in [3.8, 4) is 0 Å². The number of carbonyl (C=O) groups is 1. The van der Waals surface area contributed by atoms with Crippen LogP contribution in [-0.4, -0.2) is 57.2 Å². The van der Waals surface area contributed by atoms with Gasteiger partial charge in [0.15, 0.2) is 5.96 Å². The fraction of sp³-hybridized carbons (Fsp3) is 0.579. The molecule has 0 saturated heterocycles. The molecule has 0 heterocycles. The fourth-order valence-corrected chi connectivity index (χ4v) is 1.91. The first-order valence-electron chi connectivity index (χ1n) is 8.83. The van der Waals surface area contributed by atoms with Crippen molar-refractivity contribution >= 4 is 11.9 Å². The van der Waals surface area contributed by atoms with Gasteiger partial charge in [-0.05, 0) is 17.9 Å². The monoisotopic (exact) mass is 348 g/mol. The second kappa shape index (κ2) is 12.3. The van der Waals surface area contributed by atoms with Crippen LogP contribution < -0.4 is 10.6 Å². The smallest absolute Gasteiger partial charge is 0.241 e. The third-order valence-electron chi connectivity index (χ3n) is 3.55. The van der Waals surface area contributed by atoms with Crippen LogP contribution in [0, 0.1) is 5.92 Å². The quantitative estimate of drug-likeness (QED) is 0.385. The van der Waals surface area contributed by atoms with Gasteiger partial charge in [0.1, 0.15) is 0 Å². The predicted molar refractivity (Wildman–Crippen MR) is 103 cm³/mol. The van der Waals surface area contributed by atoms with Crippen molar-refractivity contribution in [2.45, 2.75) is 26.8 Å². The van der Waals surface area contributed by atoms with Crippen molar-refractivity contribution in [2.75, 3.05) is 40.4 Å². The van der Waals surface area contributed by atoms with Gasteiger partial charge >= 0.3 is 0 Å². The van der Waals surface area contributed by atoms with Crippen molar-refractivity contribution < 1.29 is 9.53 Å². The molecule has 140 valence electrons. The molecule has 6 nitrogen and oxygen atoms in total. The summed E-state index contributed by atoms with van der Waals surface area (Å²) < 4.78 is 5.60. The second-order valence-electron chi connectivity index (χ2n) is 6.51. The van der Waals surface area contributed by atoms with Gasteiger partial charge < -0.3 is 20.3 Å². The molecule has 0 saturated carbocycles. The standard InChI is InChI=1S/C19H32N4O2/c1-16(2)10-12-25-13-11-20-19(22-15-18(24)23(3)4)21-14-17-8-6-5-7-9-17/h5-9,16H,10-15H2,1-4H3,(H2,20,21,22). The summed E-state index contributed by atoms with van der Waals surface area (Å²) in [7, 11) is 3.47. The Balaban J connectivity index is 2.45. The van der Waals surface area contributed by atoms with E-state index < -0.39 is 0 Å². The molecule has 0 aliphatic rings. The molecule has 6 heteroatoms. The highest BCUT2D eigenvalue weighted by molar-refractivity contribution is 5.86. The number of benzene rings is 1. The maximum Gasteiger partial charge on any atom is 0.241 e. The number of rotatable bonds is 10. The van der Waals surface area contributed by atoms with Crippen LogP contribution >= 0.6 is 0 Å². The molecule has 0 aliphatic heterocycles. The van der Waals surface area contributed by atoms with Crippen molar-refractivity contribution in [3.63, 3.8) is 0 Å². The van der Waals surface area contributed by atoms with E-state index in [-0.39, 0.29) is 12.5 Å². The first-order valence-corrected chi connectivity index (χ1v) is 8.83. The highest BCUT2D eigenvalue weighted by Gasteiger charge is 2.05. The summed E-state index contributed by atoms with van der Waals surface area (Å²) in [5.74, 6) is 1.27. The van der Waals surface area contributed by atoms with Crippen LogP contribution in [0.15, 0.2) is 35.3 Å². The third kappa shape index (κ3) is 10.4. The van der Waals surface area contributed by atoms with E-state index in [0.29, 0.717) is 31.6 Å². The van der Waals surface area contributed by atoms with E-state index >= 15 is 0 Å². The van der Waals surface area contributed by atoms with E-state index in [1.807, 2.05) is 30.3 Å². The average molecular weight is 348 g/mol. The van der Waals surface area contributed by atoms with E-state index in [1.165, 1.54) is 0 Å².